The van der Waals surface area contributed by atoms with Crippen molar-refractivity contribution in [3.05, 3.63) is 35.4 Å². The molecule has 1 aliphatic rings. The number of ether oxygens (including phenoxy) is 1. The maximum atomic E-state index is 5.55. The number of fused-ring (bicyclic) bond motifs is 1. The summed E-state index contributed by atoms with van der Waals surface area (Å²) in [5, 5.41) is 0. The summed E-state index contributed by atoms with van der Waals surface area (Å²) in [6.45, 7) is 20.6. The summed E-state index contributed by atoms with van der Waals surface area (Å²) in [6, 6.07) is 4.38. The molecule has 2 rings (SSSR count). The zero-order valence-corrected chi connectivity index (χ0v) is 16.3. The number of hydrogen-bond donors (Lipinski definition) is 0. The van der Waals surface area contributed by atoms with Crippen molar-refractivity contribution >= 4 is 6.08 Å². The fourth-order valence-electron chi connectivity index (χ4n) is 3.13. The van der Waals surface area contributed by atoms with Crippen LogP contribution in [0.5, 0.6) is 5.75 Å². The van der Waals surface area contributed by atoms with Crippen LogP contribution in [0.4, 0.5) is 0 Å². The highest BCUT2D eigenvalue weighted by molar-refractivity contribution is 5.58. The molecule has 1 aromatic rings. The van der Waals surface area contributed by atoms with E-state index < -0.39 is 0 Å². The lowest BCUT2D eigenvalue weighted by atomic mass is 9.84. The summed E-state index contributed by atoms with van der Waals surface area (Å²) in [4.78, 5) is 0. The Kier molecular flexibility index (Phi) is 7.38. The smallest absolute Gasteiger partial charge is 0.122 e. The molecular weight excluding hydrogens is 280 g/mol. The topological polar surface area (TPSA) is 9.23 Å². The van der Waals surface area contributed by atoms with Gasteiger partial charge in [0.1, 0.15) is 5.75 Å². The highest BCUT2D eigenvalue weighted by Gasteiger charge is 2.16. The molecule has 0 saturated carbocycles. The average molecular weight is 317 g/mol. The molecule has 0 aromatic heterocycles. The Bertz CT molecular complexity index is 505. The molecular formula is C22H36O. The van der Waals surface area contributed by atoms with Crippen LogP contribution in [0.15, 0.2) is 18.7 Å². The second kappa shape index (κ2) is 8.57. The van der Waals surface area contributed by atoms with Crippen LogP contribution in [0.3, 0.4) is 0 Å². The zero-order valence-electron chi connectivity index (χ0n) is 16.3. The molecule has 0 fully saturated rings. The van der Waals surface area contributed by atoms with Gasteiger partial charge in [0.05, 0.1) is 6.61 Å². The molecule has 0 saturated heterocycles. The Morgan fingerprint density at radius 3 is 2.30 bits per heavy atom. The minimum Gasteiger partial charge on any atom is -0.493 e. The third kappa shape index (κ3) is 6.41. The number of benzene rings is 1. The van der Waals surface area contributed by atoms with E-state index in [4.69, 9.17) is 4.74 Å². The first-order chi connectivity index (χ1) is 10.7. The van der Waals surface area contributed by atoms with Crippen LogP contribution in [0.25, 0.3) is 6.08 Å². The van der Waals surface area contributed by atoms with Crippen LogP contribution in [-0.4, -0.2) is 6.61 Å². The van der Waals surface area contributed by atoms with Crippen molar-refractivity contribution in [2.45, 2.75) is 73.6 Å². The Balaban J connectivity index is 0.000000257. The highest BCUT2D eigenvalue weighted by atomic mass is 16.5. The van der Waals surface area contributed by atoms with Gasteiger partial charge < -0.3 is 4.74 Å². The van der Waals surface area contributed by atoms with Gasteiger partial charge in [-0.1, -0.05) is 67.5 Å². The van der Waals surface area contributed by atoms with Crippen LogP contribution >= 0.6 is 0 Å². The molecule has 1 unspecified atom stereocenters. The van der Waals surface area contributed by atoms with Crippen LogP contribution in [0, 0.1) is 11.3 Å². The summed E-state index contributed by atoms with van der Waals surface area (Å²) in [7, 11) is 0. The summed E-state index contributed by atoms with van der Waals surface area (Å²) < 4.78 is 5.55. The molecule has 0 amide bonds. The van der Waals surface area contributed by atoms with Gasteiger partial charge >= 0.3 is 0 Å². The Morgan fingerprint density at radius 1 is 1.22 bits per heavy atom. The molecule has 130 valence electrons. The number of rotatable bonds is 4. The predicted octanol–water partition coefficient (Wildman–Crippen LogP) is 6.86. The lowest BCUT2D eigenvalue weighted by molar-refractivity contribution is 0.302. The molecule has 0 spiro atoms. The van der Waals surface area contributed by atoms with Gasteiger partial charge in [0.25, 0.3) is 0 Å². The van der Waals surface area contributed by atoms with Crippen molar-refractivity contribution in [1.82, 2.24) is 0 Å². The minimum absolute atomic E-state index is 0.523. The lowest BCUT2D eigenvalue weighted by Gasteiger charge is -2.21. The Hall–Kier alpha value is -1.24. The molecule has 1 aliphatic heterocycles. The Labute approximate surface area is 144 Å². The molecule has 1 heterocycles. The van der Waals surface area contributed by atoms with Crippen molar-refractivity contribution < 1.29 is 4.74 Å². The van der Waals surface area contributed by atoms with E-state index in [1.165, 1.54) is 29.5 Å². The molecule has 23 heavy (non-hydrogen) atoms. The maximum Gasteiger partial charge on any atom is 0.122 e. The van der Waals surface area contributed by atoms with E-state index in [0.29, 0.717) is 11.3 Å². The fraction of sp³-hybridized carbons (Fsp3) is 0.636. The average Bonchev–Trinajstić information content (AvgIpc) is 2.91. The van der Waals surface area contributed by atoms with E-state index in [1.54, 1.807) is 0 Å². The monoisotopic (exact) mass is 316 g/mol. The first-order valence-corrected chi connectivity index (χ1v) is 9.10. The molecule has 0 bridgehead atoms. The van der Waals surface area contributed by atoms with Gasteiger partial charge in [0, 0.05) is 6.42 Å². The van der Waals surface area contributed by atoms with Gasteiger partial charge in [-0.25, -0.2) is 0 Å². The Morgan fingerprint density at radius 2 is 1.87 bits per heavy atom. The van der Waals surface area contributed by atoms with Crippen LogP contribution < -0.4 is 4.74 Å². The standard InChI is InChI=1S/C13H16O.C9H20/c1-4-10-7-11-5-6-14-13(11)8-12(10)9(2)3;1-6-8(2)7-9(3,4)5/h4,7-9H,1,5-6H2,2-3H3;8H,6-7H2,1-5H3. The largest absolute Gasteiger partial charge is 0.493 e. The van der Waals surface area contributed by atoms with E-state index in [-0.39, 0.29) is 0 Å². The van der Waals surface area contributed by atoms with Crippen molar-refractivity contribution in [2.24, 2.45) is 11.3 Å². The summed E-state index contributed by atoms with van der Waals surface area (Å²) in [5.41, 5.74) is 4.43. The van der Waals surface area contributed by atoms with Crippen molar-refractivity contribution in [2.75, 3.05) is 6.61 Å². The molecule has 0 N–H and O–H groups in total. The van der Waals surface area contributed by atoms with E-state index >= 15 is 0 Å². The van der Waals surface area contributed by atoms with Crippen molar-refractivity contribution in [3.8, 4) is 5.75 Å². The lowest BCUT2D eigenvalue weighted by Crippen LogP contribution is -2.09. The SMILES string of the molecule is C=Cc1cc2c(cc1C(C)C)OCC2.CCC(C)CC(C)(C)C. The van der Waals surface area contributed by atoms with Crippen LogP contribution in [0.1, 0.15) is 83.9 Å². The number of hydrogen-bond acceptors (Lipinski definition) is 1. The van der Waals surface area contributed by atoms with Crippen LogP contribution in [-0.2, 0) is 6.42 Å². The van der Waals surface area contributed by atoms with E-state index in [2.05, 4.69) is 67.2 Å². The second-order valence-electron chi connectivity index (χ2n) is 8.32. The zero-order chi connectivity index (χ0) is 17.6. The quantitative estimate of drug-likeness (QED) is 0.589. The third-order valence-electron chi connectivity index (χ3n) is 4.39. The third-order valence-corrected chi connectivity index (χ3v) is 4.39. The van der Waals surface area contributed by atoms with E-state index in [9.17, 15) is 0 Å². The molecule has 0 radical (unpaired) electrons. The van der Waals surface area contributed by atoms with Gasteiger partial charge in [0.15, 0.2) is 0 Å². The summed E-state index contributed by atoms with van der Waals surface area (Å²) >= 11 is 0. The maximum absolute atomic E-state index is 5.55. The normalized spacial score (nSPS) is 14.6. The first kappa shape index (κ1) is 19.8. The summed E-state index contributed by atoms with van der Waals surface area (Å²) in [5.74, 6) is 2.49. The first-order valence-electron chi connectivity index (χ1n) is 9.10. The molecule has 0 aliphatic carbocycles. The molecule has 1 aromatic carbocycles. The van der Waals surface area contributed by atoms with E-state index in [0.717, 1.165) is 24.7 Å². The van der Waals surface area contributed by atoms with Crippen LogP contribution in [0.2, 0.25) is 0 Å². The molecule has 1 nitrogen and oxygen atoms in total. The van der Waals surface area contributed by atoms with Gasteiger partial charge in [-0.15, -0.1) is 0 Å². The summed E-state index contributed by atoms with van der Waals surface area (Å²) in [6.07, 6.45) is 5.64. The second-order valence-corrected chi connectivity index (χ2v) is 8.32. The van der Waals surface area contributed by atoms with Gasteiger partial charge in [-0.3, -0.25) is 0 Å². The highest BCUT2D eigenvalue weighted by Crippen LogP contribution is 2.32. The van der Waals surface area contributed by atoms with Gasteiger partial charge in [-0.05, 0) is 52.5 Å². The fourth-order valence-corrected chi connectivity index (χ4v) is 3.13. The van der Waals surface area contributed by atoms with Crippen molar-refractivity contribution in [1.29, 1.82) is 0 Å². The van der Waals surface area contributed by atoms with Gasteiger partial charge in [-0.2, -0.15) is 0 Å². The molecule has 1 heteroatoms. The van der Waals surface area contributed by atoms with Crippen molar-refractivity contribution in [3.63, 3.8) is 0 Å². The van der Waals surface area contributed by atoms with E-state index in [1.807, 2.05) is 6.08 Å². The predicted molar refractivity (Wildman–Crippen MR) is 103 cm³/mol. The van der Waals surface area contributed by atoms with Gasteiger partial charge in [0.2, 0.25) is 0 Å². The minimum atomic E-state index is 0.523. The molecule has 1 atom stereocenters.